The Balaban J connectivity index is 1.66. The second-order valence-corrected chi connectivity index (χ2v) is 8.29. The molecule has 2 aromatic carbocycles. The summed E-state index contributed by atoms with van der Waals surface area (Å²) in [5, 5.41) is 0. The molecule has 0 aliphatic carbocycles. The van der Waals surface area contributed by atoms with E-state index in [1.54, 1.807) is 0 Å². The minimum absolute atomic E-state index is 1.12. The summed E-state index contributed by atoms with van der Waals surface area (Å²) < 4.78 is 1.12. The van der Waals surface area contributed by atoms with Crippen LogP contribution < -0.4 is 0 Å². The van der Waals surface area contributed by atoms with Crippen molar-refractivity contribution in [2.24, 2.45) is 0 Å². The van der Waals surface area contributed by atoms with E-state index < -0.39 is 0 Å². The molecule has 0 fully saturated rings. The van der Waals surface area contributed by atoms with Crippen LogP contribution in [0.25, 0.3) is 30.6 Å². The van der Waals surface area contributed by atoms with Crippen molar-refractivity contribution in [2.75, 3.05) is 0 Å². The first-order valence-electron chi connectivity index (χ1n) is 7.31. The van der Waals surface area contributed by atoms with Crippen LogP contribution in [0.4, 0.5) is 0 Å². The van der Waals surface area contributed by atoms with Gasteiger partial charge in [0.1, 0.15) is 0 Å². The average molecular weight is 397 g/mol. The van der Waals surface area contributed by atoms with Crippen molar-refractivity contribution >= 4 is 38.6 Å². The molecule has 4 aromatic rings. The van der Waals surface area contributed by atoms with E-state index in [9.17, 15) is 0 Å². The Morgan fingerprint density at radius 2 is 1.09 bits per heavy atom. The molecule has 0 spiro atoms. The van der Waals surface area contributed by atoms with Gasteiger partial charge in [-0.05, 0) is 47.5 Å². The molecule has 0 bridgehead atoms. The van der Waals surface area contributed by atoms with Crippen molar-refractivity contribution in [2.45, 2.75) is 0 Å². The molecule has 2 heterocycles. The lowest BCUT2D eigenvalue weighted by molar-refractivity contribution is 1.65. The third-order valence-corrected chi connectivity index (χ3v) is 6.58. The summed E-state index contributed by atoms with van der Waals surface area (Å²) in [6, 6.07) is 27.9. The number of hydrogen-bond acceptors (Lipinski definition) is 2. The highest BCUT2D eigenvalue weighted by Crippen LogP contribution is 2.40. The first-order chi connectivity index (χ1) is 11.3. The summed E-state index contributed by atoms with van der Waals surface area (Å²) in [7, 11) is 0. The van der Waals surface area contributed by atoms with Crippen LogP contribution in [-0.4, -0.2) is 0 Å². The van der Waals surface area contributed by atoms with Gasteiger partial charge in [0.15, 0.2) is 0 Å². The zero-order valence-corrected chi connectivity index (χ0v) is 15.4. The van der Waals surface area contributed by atoms with Crippen LogP contribution in [0.5, 0.6) is 0 Å². The molecular weight excluding hydrogens is 384 g/mol. The molecule has 23 heavy (non-hydrogen) atoms. The number of benzene rings is 2. The van der Waals surface area contributed by atoms with E-state index in [4.69, 9.17) is 0 Å². The Labute approximate surface area is 152 Å². The van der Waals surface area contributed by atoms with Crippen molar-refractivity contribution in [3.05, 3.63) is 83.3 Å². The first-order valence-corrected chi connectivity index (χ1v) is 9.73. The monoisotopic (exact) mass is 396 g/mol. The molecule has 0 amide bonds. The molecule has 0 saturated heterocycles. The van der Waals surface area contributed by atoms with Gasteiger partial charge in [-0.1, -0.05) is 58.4 Å². The molecule has 4 rings (SSSR count). The summed E-state index contributed by atoms with van der Waals surface area (Å²) in [6.45, 7) is 0. The molecule has 0 radical (unpaired) electrons. The van der Waals surface area contributed by atoms with Gasteiger partial charge in [-0.25, -0.2) is 0 Å². The molecule has 0 aliphatic rings. The highest BCUT2D eigenvalue weighted by Gasteiger charge is 2.09. The van der Waals surface area contributed by atoms with Gasteiger partial charge in [-0.15, -0.1) is 22.7 Å². The highest BCUT2D eigenvalue weighted by atomic mass is 79.9. The lowest BCUT2D eigenvalue weighted by Gasteiger charge is -1.97. The van der Waals surface area contributed by atoms with Crippen LogP contribution >= 0.6 is 38.6 Å². The maximum Gasteiger partial charge on any atom is 0.0449 e. The van der Waals surface area contributed by atoms with Crippen LogP contribution in [0.15, 0.2) is 83.3 Å². The van der Waals surface area contributed by atoms with E-state index in [0.717, 1.165) is 4.47 Å². The fourth-order valence-electron chi connectivity index (χ4n) is 2.50. The van der Waals surface area contributed by atoms with E-state index in [2.05, 4.69) is 94.8 Å². The quantitative estimate of drug-likeness (QED) is 0.334. The second kappa shape index (κ2) is 6.44. The third-order valence-electron chi connectivity index (χ3n) is 3.62. The van der Waals surface area contributed by atoms with E-state index in [1.165, 1.54) is 30.6 Å². The topological polar surface area (TPSA) is 0 Å². The molecule has 0 N–H and O–H groups in total. The van der Waals surface area contributed by atoms with Gasteiger partial charge in [0.05, 0.1) is 0 Å². The van der Waals surface area contributed by atoms with E-state index in [1.807, 2.05) is 22.7 Å². The van der Waals surface area contributed by atoms with Gasteiger partial charge >= 0.3 is 0 Å². The van der Waals surface area contributed by atoms with Gasteiger partial charge in [-0.3, -0.25) is 0 Å². The molecule has 2 aromatic heterocycles. The van der Waals surface area contributed by atoms with Gasteiger partial charge < -0.3 is 0 Å². The van der Waals surface area contributed by atoms with E-state index >= 15 is 0 Å². The Hall–Kier alpha value is -1.68. The summed E-state index contributed by atoms with van der Waals surface area (Å²) >= 11 is 7.24. The van der Waals surface area contributed by atoms with Crippen LogP contribution in [0.1, 0.15) is 0 Å². The van der Waals surface area contributed by atoms with Crippen LogP contribution in [0.3, 0.4) is 0 Å². The Morgan fingerprint density at radius 3 is 1.74 bits per heavy atom. The number of halogens is 1. The largest absolute Gasteiger partial charge is 0.134 e. The average Bonchev–Trinajstić information content (AvgIpc) is 3.25. The third kappa shape index (κ3) is 3.18. The summed E-state index contributed by atoms with van der Waals surface area (Å²) in [5.41, 5.74) is 2.54. The normalized spacial score (nSPS) is 10.8. The Morgan fingerprint density at radius 1 is 0.522 bits per heavy atom. The smallest absolute Gasteiger partial charge is 0.0449 e. The number of thiophene rings is 2. The molecule has 112 valence electrons. The maximum absolute atomic E-state index is 3.55. The Bertz CT molecular complexity index is 935. The predicted molar refractivity (Wildman–Crippen MR) is 106 cm³/mol. The van der Waals surface area contributed by atoms with Crippen molar-refractivity contribution in [3.8, 4) is 30.6 Å². The molecule has 0 aliphatic heterocycles. The van der Waals surface area contributed by atoms with Crippen molar-refractivity contribution in [3.63, 3.8) is 0 Å². The van der Waals surface area contributed by atoms with Crippen LogP contribution in [0, 0.1) is 0 Å². The molecule has 0 saturated carbocycles. The lowest BCUT2D eigenvalue weighted by Crippen LogP contribution is -1.70. The highest BCUT2D eigenvalue weighted by molar-refractivity contribution is 9.10. The maximum atomic E-state index is 3.55. The number of hydrogen-bond donors (Lipinski definition) is 0. The van der Waals surface area contributed by atoms with Gasteiger partial charge in [0.25, 0.3) is 0 Å². The van der Waals surface area contributed by atoms with E-state index in [0.29, 0.717) is 0 Å². The molecule has 0 unspecified atom stereocenters. The van der Waals surface area contributed by atoms with Crippen molar-refractivity contribution < 1.29 is 0 Å². The molecule has 0 atom stereocenters. The van der Waals surface area contributed by atoms with Gasteiger partial charge in [-0.2, -0.15) is 0 Å². The van der Waals surface area contributed by atoms with Crippen molar-refractivity contribution in [1.82, 2.24) is 0 Å². The lowest BCUT2D eigenvalue weighted by atomic mass is 10.2. The first kappa shape index (κ1) is 14.9. The molecular formula is C20H13BrS2. The predicted octanol–water partition coefficient (Wildman–Crippen LogP) is 7.57. The fourth-order valence-corrected chi connectivity index (χ4v) is 5.00. The molecule has 3 heteroatoms. The summed E-state index contributed by atoms with van der Waals surface area (Å²) in [4.78, 5) is 5.27. The van der Waals surface area contributed by atoms with Crippen LogP contribution in [-0.2, 0) is 0 Å². The second-order valence-electron chi connectivity index (χ2n) is 5.20. The van der Waals surface area contributed by atoms with Gasteiger partial charge in [0, 0.05) is 24.0 Å². The zero-order chi connectivity index (χ0) is 15.6. The van der Waals surface area contributed by atoms with E-state index in [-0.39, 0.29) is 0 Å². The van der Waals surface area contributed by atoms with Gasteiger partial charge in [0.2, 0.25) is 0 Å². The standard InChI is InChI=1S/C20H13BrS2/c21-16-8-4-7-15(13-16)18-10-12-20(23-18)19-11-9-17(22-19)14-5-2-1-3-6-14/h1-13H. The zero-order valence-electron chi connectivity index (χ0n) is 12.2. The Kier molecular flexibility index (Phi) is 4.17. The minimum atomic E-state index is 1.12. The summed E-state index contributed by atoms with van der Waals surface area (Å²) in [6.07, 6.45) is 0. The SMILES string of the molecule is Brc1cccc(-c2ccc(-c3ccc(-c4ccccc4)s3)s2)c1. The van der Waals surface area contributed by atoms with Crippen molar-refractivity contribution in [1.29, 1.82) is 0 Å². The number of rotatable bonds is 3. The van der Waals surface area contributed by atoms with Crippen LogP contribution in [0.2, 0.25) is 0 Å². The minimum Gasteiger partial charge on any atom is -0.134 e. The summed E-state index contributed by atoms with van der Waals surface area (Å²) in [5.74, 6) is 0. The molecule has 0 nitrogen and oxygen atoms in total. The fraction of sp³-hybridized carbons (Fsp3) is 0.